The molecule has 2 aliphatic rings. The van der Waals surface area contributed by atoms with Crippen molar-refractivity contribution in [2.45, 2.75) is 44.4 Å². The van der Waals surface area contributed by atoms with Crippen LogP contribution < -0.4 is 10.6 Å². The maximum absolute atomic E-state index is 13.2. The molecule has 1 aliphatic carbocycles. The second kappa shape index (κ2) is 8.13. The fourth-order valence-electron chi connectivity index (χ4n) is 4.50. The van der Waals surface area contributed by atoms with Crippen LogP contribution >= 0.6 is 12.4 Å². The molecule has 4 heteroatoms. The Morgan fingerprint density at radius 3 is 2.42 bits per heavy atom. The van der Waals surface area contributed by atoms with E-state index in [2.05, 4.69) is 36.4 Å². The van der Waals surface area contributed by atoms with E-state index in [-0.39, 0.29) is 18.3 Å². The number of hydrogen-bond donors (Lipinski definition) is 1. The third-order valence-corrected chi connectivity index (χ3v) is 5.90. The van der Waals surface area contributed by atoms with E-state index in [1.165, 1.54) is 5.56 Å². The number of nitrogens with two attached hydrogens (primary N) is 1. The van der Waals surface area contributed by atoms with Crippen molar-refractivity contribution in [3.05, 3.63) is 59.7 Å². The number of fused-ring (bicyclic) bond motifs is 1. The zero-order chi connectivity index (χ0) is 17.2. The summed E-state index contributed by atoms with van der Waals surface area (Å²) in [5.74, 6) is 1.07. The Hall–Kier alpha value is -2.00. The Labute approximate surface area is 162 Å². The fraction of sp³-hybridized carbons (Fsp3) is 0.409. The van der Waals surface area contributed by atoms with Gasteiger partial charge in [0.25, 0.3) is 0 Å². The molecule has 2 aromatic rings. The lowest BCUT2D eigenvalue weighted by atomic mass is 9.78. The first-order valence-corrected chi connectivity index (χ1v) is 9.47. The van der Waals surface area contributed by atoms with Crippen LogP contribution in [0.2, 0.25) is 0 Å². The Bertz CT molecular complexity index is 754. The number of benzene rings is 2. The van der Waals surface area contributed by atoms with E-state index in [0.717, 1.165) is 62.0 Å². The van der Waals surface area contributed by atoms with E-state index in [1.807, 2.05) is 17.0 Å². The zero-order valence-electron chi connectivity index (χ0n) is 15.1. The molecule has 1 fully saturated rings. The Kier molecular flexibility index (Phi) is 5.87. The van der Waals surface area contributed by atoms with Gasteiger partial charge < -0.3 is 10.6 Å². The van der Waals surface area contributed by atoms with Gasteiger partial charge in [-0.25, -0.2) is 0 Å². The summed E-state index contributed by atoms with van der Waals surface area (Å²) in [5, 5.41) is 0. The molecule has 1 amide bonds. The van der Waals surface area contributed by atoms with Gasteiger partial charge in [0.2, 0.25) is 5.91 Å². The van der Waals surface area contributed by atoms with Gasteiger partial charge in [-0.2, -0.15) is 0 Å². The highest BCUT2D eigenvalue weighted by Crippen LogP contribution is 2.38. The van der Waals surface area contributed by atoms with E-state index in [0.29, 0.717) is 11.8 Å². The highest BCUT2D eigenvalue weighted by molar-refractivity contribution is 5.97. The first-order chi connectivity index (χ1) is 12.2. The second-order valence-electron chi connectivity index (χ2n) is 7.40. The molecule has 1 aliphatic heterocycles. The Morgan fingerprint density at radius 1 is 0.962 bits per heavy atom. The van der Waals surface area contributed by atoms with Crippen molar-refractivity contribution >= 4 is 29.7 Å². The lowest BCUT2D eigenvalue weighted by molar-refractivity contribution is -0.123. The van der Waals surface area contributed by atoms with Gasteiger partial charge in [0.15, 0.2) is 0 Å². The summed E-state index contributed by atoms with van der Waals surface area (Å²) in [7, 11) is 0. The van der Waals surface area contributed by atoms with Crippen LogP contribution in [0.5, 0.6) is 0 Å². The molecule has 1 heterocycles. The first kappa shape index (κ1) is 18.8. The number of nitrogen functional groups attached to an aromatic ring is 1. The number of carbonyl (C=O) groups excluding carboxylic acids is 1. The molecular weight excluding hydrogens is 344 g/mol. The third-order valence-electron chi connectivity index (χ3n) is 5.90. The van der Waals surface area contributed by atoms with Crippen molar-refractivity contribution in [3.8, 4) is 0 Å². The monoisotopic (exact) mass is 370 g/mol. The van der Waals surface area contributed by atoms with Gasteiger partial charge in [0.05, 0.1) is 0 Å². The topological polar surface area (TPSA) is 46.3 Å². The lowest BCUT2D eigenvalue weighted by Gasteiger charge is -2.35. The van der Waals surface area contributed by atoms with Crippen molar-refractivity contribution < 1.29 is 4.79 Å². The number of amides is 1. The van der Waals surface area contributed by atoms with Gasteiger partial charge in [-0.05, 0) is 67.7 Å². The van der Waals surface area contributed by atoms with Crippen LogP contribution in [-0.4, -0.2) is 12.5 Å². The summed E-state index contributed by atoms with van der Waals surface area (Å²) < 4.78 is 0. The van der Waals surface area contributed by atoms with Gasteiger partial charge in [0, 0.05) is 23.8 Å². The number of nitrogens with zero attached hydrogens (tertiary/aromatic N) is 1. The molecule has 0 atom stereocenters. The van der Waals surface area contributed by atoms with E-state index in [9.17, 15) is 4.79 Å². The number of halogens is 1. The second-order valence-corrected chi connectivity index (χ2v) is 7.40. The van der Waals surface area contributed by atoms with Gasteiger partial charge in [0.1, 0.15) is 0 Å². The van der Waals surface area contributed by atoms with E-state index >= 15 is 0 Å². The number of anilines is 2. The van der Waals surface area contributed by atoms with Gasteiger partial charge >= 0.3 is 0 Å². The maximum Gasteiger partial charge on any atom is 0.230 e. The smallest absolute Gasteiger partial charge is 0.230 e. The summed E-state index contributed by atoms with van der Waals surface area (Å²) in [5.41, 5.74) is 10.6. The molecule has 26 heavy (non-hydrogen) atoms. The highest BCUT2D eigenvalue weighted by Gasteiger charge is 2.32. The normalized spacial score (nSPS) is 22.2. The fourth-order valence-corrected chi connectivity index (χ4v) is 4.50. The minimum Gasteiger partial charge on any atom is -0.398 e. The molecular formula is C22H27ClN2O. The van der Waals surface area contributed by atoms with Crippen molar-refractivity contribution in [1.82, 2.24) is 0 Å². The Balaban J connectivity index is 0.00000196. The first-order valence-electron chi connectivity index (χ1n) is 9.47. The molecule has 0 saturated heterocycles. The molecule has 2 aromatic carbocycles. The SMILES string of the molecule is Cl.Nc1cccc2c1CCCN2C(=O)C1CCC(c2ccccc2)CC1. The molecule has 138 valence electrons. The lowest BCUT2D eigenvalue weighted by Crippen LogP contribution is -2.40. The van der Waals surface area contributed by atoms with Crippen LogP contribution in [0.15, 0.2) is 48.5 Å². The number of carbonyl (C=O) groups is 1. The van der Waals surface area contributed by atoms with Crippen molar-refractivity contribution in [1.29, 1.82) is 0 Å². The van der Waals surface area contributed by atoms with Crippen LogP contribution in [-0.2, 0) is 11.2 Å². The average Bonchev–Trinajstić information content (AvgIpc) is 2.68. The van der Waals surface area contributed by atoms with E-state index < -0.39 is 0 Å². The van der Waals surface area contributed by atoms with Crippen molar-refractivity contribution in [2.75, 3.05) is 17.2 Å². The molecule has 3 nitrogen and oxygen atoms in total. The number of rotatable bonds is 2. The minimum absolute atomic E-state index is 0. The quantitative estimate of drug-likeness (QED) is 0.760. The summed E-state index contributed by atoms with van der Waals surface area (Å²) in [4.78, 5) is 15.2. The molecule has 0 unspecified atom stereocenters. The van der Waals surface area contributed by atoms with E-state index in [1.54, 1.807) is 0 Å². The summed E-state index contributed by atoms with van der Waals surface area (Å²) in [6.45, 7) is 0.827. The van der Waals surface area contributed by atoms with Crippen molar-refractivity contribution in [3.63, 3.8) is 0 Å². The largest absolute Gasteiger partial charge is 0.398 e. The van der Waals surface area contributed by atoms with Gasteiger partial charge in [-0.1, -0.05) is 36.4 Å². The van der Waals surface area contributed by atoms with Crippen LogP contribution in [0.4, 0.5) is 11.4 Å². The molecule has 4 rings (SSSR count). The molecule has 0 spiro atoms. The molecule has 0 bridgehead atoms. The summed E-state index contributed by atoms with van der Waals surface area (Å²) in [6, 6.07) is 16.7. The summed E-state index contributed by atoms with van der Waals surface area (Å²) >= 11 is 0. The molecule has 0 aromatic heterocycles. The standard InChI is InChI=1S/C22H26N2O.ClH/c23-20-9-4-10-21-19(20)8-5-15-24(21)22(25)18-13-11-17(12-14-18)16-6-2-1-3-7-16;/h1-4,6-7,9-10,17-18H,5,8,11-15,23H2;1H. The van der Waals surface area contributed by atoms with Crippen LogP contribution in [0.1, 0.15) is 49.1 Å². The highest BCUT2D eigenvalue weighted by atomic mass is 35.5. The predicted octanol–water partition coefficient (Wildman–Crippen LogP) is 4.94. The average molecular weight is 371 g/mol. The third kappa shape index (κ3) is 3.59. The zero-order valence-corrected chi connectivity index (χ0v) is 15.9. The Morgan fingerprint density at radius 2 is 1.69 bits per heavy atom. The molecule has 1 saturated carbocycles. The van der Waals surface area contributed by atoms with E-state index in [4.69, 9.17) is 5.73 Å². The number of hydrogen-bond acceptors (Lipinski definition) is 2. The van der Waals surface area contributed by atoms with Gasteiger partial charge in [-0.3, -0.25) is 4.79 Å². The van der Waals surface area contributed by atoms with Crippen LogP contribution in [0.3, 0.4) is 0 Å². The molecule has 0 radical (unpaired) electrons. The van der Waals surface area contributed by atoms with Gasteiger partial charge in [-0.15, -0.1) is 12.4 Å². The van der Waals surface area contributed by atoms with Crippen molar-refractivity contribution in [2.24, 2.45) is 5.92 Å². The summed E-state index contributed by atoms with van der Waals surface area (Å²) in [6.07, 6.45) is 6.19. The maximum atomic E-state index is 13.2. The van der Waals surface area contributed by atoms with Crippen LogP contribution in [0, 0.1) is 5.92 Å². The van der Waals surface area contributed by atoms with Crippen LogP contribution in [0.25, 0.3) is 0 Å². The minimum atomic E-state index is 0. The molecule has 2 N–H and O–H groups in total. The predicted molar refractivity (Wildman–Crippen MR) is 110 cm³/mol.